The second-order valence-electron chi connectivity index (χ2n) is 3.76. The molecule has 1 aliphatic rings. The Hall–Kier alpha value is -1.84. The lowest BCUT2D eigenvalue weighted by atomic mass is 10.3. The molecule has 0 radical (unpaired) electrons. The van der Waals surface area contributed by atoms with Crippen LogP contribution in [-0.4, -0.2) is 38.9 Å². The quantitative estimate of drug-likeness (QED) is 0.640. The Morgan fingerprint density at radius 3 is 2.74 bits per heavy atom. The average molecular weight is 288 g/mol. The van der Waals surface area contributed by atoms with E-state index in [0.29, 0.717) is 11.5 Å². The van der Waals surface area contributed by atoms with Crippen LogP contribution in [0.2, 0.25) is 0 Å². The monoisotopic (exact) mass is 288 g/mol. The highest BCUT2D eigenvalue weighted by Crippen LogP contribution is 2.33. The lowest BCUT2D eigenvalue weighted by Crippen LogP contribution is -2.45. The third-order valence-corrected chi connectivity index (χ3v) is 3.95. The van der Waals surface area contributed by atoms with Crippen molar-refractivity contribution in [2.75, 3.05) is 13.3 Å². The van der Waals surface area contributed by atoms with E-state index in [4.69, 9.17) is 20.3 Å². The summed E-state index contributed by atoms with van der Waals surface area (Å²) in [6.07, 6.45) is 0. The maximum atomic E-state index is 12.0. The first-order valence-electron chi connectivity index (χ1n) is 5.29. The molecule has 1 atom stereocenters. The summed E-state index contributed by atoms with van der Waals surface area (Å²) in [5, 5.41) is 8.79. The second-order valence-corrected chi connectivity index (χ2v) is 5.48. The van der Waals surface area contributed by atoms with Crippen LogP contribution in [0.1, 0.15) is 0 Å². The minimum absolute atomic E-state index is 0.0206. The second kappa shape index (κ2) is 5.03. The molecule has 1 aromatic rings. The van der Waals surface area contributed by atoms with E-state index < -0.39 is 22.0 Å². The summed E-state index contributed by atoms with van der Waals surface area (Å²) in [5.74, 6) is -0.609. The van der Waals surface area contributed by atoms with Crippen molar-refractivity contribution in [1.82, 2.24) is 4.72 Å². The van der Waals surface area contributed by atoms with Gasteiger partial charge in [0, 0.05) is 12.6 Å². The van der Waals surface area contributed by atoms with Gasteiger partial charge in [-0.2, -0.15) is 4.72 Å². The number of carbonyl (C=O) groups is 1. The molecule has 1 heterocycles. The summed E-state index contributed by atoms with van der Waals surface area (Å²) in [5.41, 5.74) is 5.20. The van der Waals surface area contributed by atoms with Crippen molar-refractivity contribution in [2.24, 2.45) is 5.73 Å². The standard InChI is InChI=1S/C10H12N2O6S/c11-4-7(10(13)14)12-19(15,16)6-1-2-8-9(3-6)18-5-17-8/h1-3,7,12H,4-5,11H2,(H,13,14)/t7-/m0/s1. The lowest BCUT2D eigenvalue weighted by Gasteiger charge is -2.12. The number of carboxylic acids is 1. The molecule has 9 heteroatoms. The lowest BCUT2D eigenvalue weighted by molar-refractivity contribution is -0.138. The first kappa shape index (κ1) is 13.6. The average Bonchev–Trinajstić information content (AvgIpc) is 2.82. The minimum Gasteiger partial charge on any atom is -0.480 e. The van der Waals surface area contributed by atoms with Gasteiger partial charge in [0.1, 0.15) is 6.04 Å². The summed E-state index contributed by atoms with van der Waals surface area (Å²) in [6, 6.07) is 2.62. The zero-order chi connectivity index (χ0) is 14.0. The highest BCUT2D eigenvalue weighted by Gasteiger charge is 2.26. The van der Waals surface area contributed by atoms with Gasteiger partial charge in [0.2, 0.25) is 16.8 Å². The van der Waals surface area contributed by atoms with Gasteiger partial charge < -0.3 is 20.3 Å². The summed E-state index contributed by atoms with van der Waals surface area (Å²) in [4.78, 5) is 10.7. The zero-order valence-electron chi connectivity index (χ0n) is 9.70. The Morgan fingerprint density at radius 2 is 2.11 bits per heavy atom. The number of rotatable bonds is 5. The maximum Gasteiger partial charge on any atom is 0.323 e. The van der Waals surface area contributed by atoms with Crippen LogP contribution in [-0.2, 0) is 14.8 Å². The normalized spacial score (nSPS) is 15.2. The smallest absolute Gasteiger partial charge is 0.323 e. The maximum absolute atomic E-state index is 12.0. The molecule has 0 bridgehead atoms. The Morgan fingerprint density at radius 1 is 1.42 bits per heavy atom. The van der Waals surface area contributed by atoms with Crippen molar-refractivity contribution < 1.29 is 27.8 Å². The molecule has 0 unspecified atom stereocenters. The Bertz CT molecular complexity index is 600. The van der Waals surface area contributed by atoms with Gasteiger partial charge in [-0.05, 0) is 12.1 Å². The van der Waals surface area contributed by atoms with Crippen LogP contribution in [0.25, 0.3) is 0 Å². The van der Waals surface area contributed by atoms with Crippen molar-refractivity contribution in [3.05, 3.63) is 18.2 Å². The fourth-order valence-electron chi connectivity index (χ4n) is 1.50. The first-order chi connectivity index (χ1) is 8.94. The highest BCUT2D eigenvalue weighted by atomic mass is 32.2. The van der Waals surface area contributed by atoms with Crippen LogP contribution in [0.3, 0.4) is 0 Å². The predicted molar refractivity (Wildman–Crippen MR) is 63.4 cm³/mol. The topological polar surface area (TPSA) is 128 Å². The molecule has 1 aromatic carbocycles. The van der Waals surface area contributed by atoms with Gasteiger partial charge in [-0.15, -0.1) is 0 Å². The first-order valence-corrected chi connectivity index (χ1v) is 6.77. The Balaban J connectivity index is 2.27. The molecule has 0 fully saturated rings. The van der Waals surface area contributed by atoms with Crippen molar-refractivity contribution in [2.45, 2.75) is 10.9 Å². The van der Waals surface area contributed by atoms with E-state index in [2.05, 4.69) is 0 Å². The van der Waals surface area contributed by atoms with Gasteiger partial charge >= 0.3 is 5.97 Å². The Kier molecular flexibility index (Phi) is 3.60. The predicted octanol–water partition coefficient (Wildman–Crippen LogP) is -0.895. The molecule has 0 saturated carbocycles. The molecule has 0 amide bonds. The van der Waals surface area contributed by atoms with Crippen molar-refractivity contribution in [3.63, 3.8) is 0 Å². The zero-order valence-corrected chi connectivity index (χ0v) is 10.5. The fraction of sp³-hybridized carbons (Fsp3) is 0.300. The number of sulfonamides is 1. The molecule has 0 aliphatic carbocycles. The van der Waals surface area contributed by atoms with Crippen LogP contribution in [0, 0.1) is 0 Å². The van der Waals surface area contributed by atoms with Gasteiger partial charge in [0.05, 0.1) is 4.90 Å². The summed E-state index contributed by atoms with van der Waals surface area (Å²) < 4.78 is 36.1. The number of benzene rings is 1. The van der Waals surface area contributed by atoms with Crippen LogP contribution in [0.4, 0.5) is 0 Å². The molecule has 8 nitrogen and oxygen atoms in total. The number of aliphatic carboxylic acids is 1. The molecule has 4 N–H and O–H groups in total. The number of hydrogen-bond acceptors (Lipinski definition) is 6. The van der Waals surface area contributed by atoms with Crippen molar-refractivity contribution in [3.8, 4) is 11.5 Å². The largest absolute Gasteiger partial charge is 0.480 e. The summed E-state index contributed by atoms with van der Waals surface area (Å²) in [7, 11) is -3.98. The third-order valence-electron chi connectivity index (χ3n) is 2.49. The van der Waals surface area contributed by atoms with Crippen LogP contribution in [0.5, 0.6) is 11.5 Å². The van der Waals surface area contributed by atoms with E-state index in [9.17, 15) is 13.2 Å². The number of hydrogen-bond donors (Lipinski definition) is 3. The summed E-state index contributed by atoms with van der Waals surface area (Å²) >= 11 is 0. The van der Waals surface area contributed by atoms with E-state index in [0.717, 1.165) is 0 Å². The molecule has 1 aliphatic heterocycles. The minimum atomic E-state index is -3.98. The SMILES string of the molecule is NC[C@H](NS(=O)(=O)c1ccc2c(c1)OCO2)C(=O)O. The van der Waals surface area contributed by atoms with Crippen molar-refractivity contribution >= 4 is 16.0 Å². The van der Waals surface area contributed by atoms with Gasteiger partial charge in [-0.3, -0.25) is 4.79 Å². The van der Waals surface area contributed by atoms with Crippen molar-refractivity contribution in [1.29, 1.82) is 0 Å². The van der Waals surface area contributed by atoms with E-state index in [-0.39, 0.29) is 18.2 Å². The van der Waals surface area contributed by atoms with Crippen LogP contribution < -0.4 is 19.9 Å². The van der Waals surface area contributed by atoms with Gasteiger partial charge in [-0.1, -0.05) is 0 Å². The highest BCUT2D eigenvalue weighted by molar-refractivity contribution is 7.89. The van der Waals surface area contributed by atoms with Gasteiger partial charge in [0.25, 0.3) is 0 Å². The molecular formula is C10H12N2O6S. The molecule has 0 spiro atoms. The number of nitrogens with one attached hydrogen (secondary N) is 1. The Labute approximate surface area is 109 Å². The molecule has 104 valence electrons. The summed E-state index contributed by atoms with van der Waals surface area (Å²) in [6.45, 7) is -0.327. The molecule has 2 rings (SSSR count). The molecular weight excluding hydrogens is 276 g/mol. The van der Waals surface area contributed by atoms with Crippen LogP contribution in [0.15, 0.2) is 23.1 Å². The van der Waals surface area contributed by atoms with E-state index in [1.165, 1.54) is 18.2 Å². The fourth-order valence-corrected chi connectivity index (χ4v) is 2.72. The molecule has 0 aromatic heterocycles. The number of ether oxygens (including phenoxy) is 2. The third kappa shape index (κ3) is 2.78. The van der Waals surface area contributed by atoms with E-state index in [1.54, 1.807) is 0 Å². The molecule has 0 saturated heterocycles. The van der Waals surface area contributed by atoms with E-state index in [1.807, 2.05) is 4.72 Å². The number of carboxylic acid groups (broad SMARTS) is 1. The number of fused-ring (bicyclic) bond motifs is 1. The van der Waals surface area contributed by atoms with Crippen LogP contribution >= 0.6 is 0 Å². The van der Waals surface area contributed by atoms with Gasteiger partial charge in [0.15, 0.2) is 11.5 Å². The van der Waals surface area contributed by atoms with Gasteiger partial charge in [-0.25, -0.2) is 8.42 Å². The molecule has 19 heavy (non-hydrogen) atoms. The number of nitrogens with two attached hydrogens (primary N) is 1. The van der Waals surface area contributed by atoms with E-state index >= 15 is 0 Å².